The van der Waals surface area contributed by atoms with Crippen LogP contribution >= 0.6 is 0 Å². The van der Waals surface area contributed by atoms with Gasteiger partial charge in [-0.05, 0) is 64.0 Å². The average molecular weight is 616 g/mol. The molecule has 0 aromatic heterocycles. The Bertz CT molecular complexity index is 1210. The second kappa shape index (κ2) is 15.1. The van der Waals surface area contributed by atoms with E-state index in [-0.39, 0.29) is 18.4 Å². The number of aryl methyl sites for hydroxylation is 1. The van der Waals surface area contributed by atoms with Crippen molar-refractivity contribution in [3.63, 3.8) is 0 Å². The minimum atomic E-state index is -1.02. The van der Waals surface area contributed by atoms with E-state index in [1.807, 2.05) is 79.7 Å². The highest BCUT2D eigenvalue weighted by molar-refractivity contribution is 5.93. The van der Waals surface area contributed by atoms with Gasteiger partial charge in [0, 0.05) is 25.1 Å². The summed E-state index contributed by atoms with van der Waals surface area (Å²) in [5.41, 5.74) is -0.0545. The lowest BCUT2D eigenvalue weighted by Gasteiger charge is -2.43. The summed E-state index contributed by atoms with van der Waals surface area (Å²) in [5, 5.41) is 3.03. The number of carbonyl (C=O) groups is 4. The molecule has 1 aromatic rings. The molecule has 0 fully saturated rings. The van der Waals surface area contributed by atoms with Crippen LogP contribution in [0.4, 0.5) is 4.79 Å². The van der Waals surface area contributed by atoms with Crippen LogP contribution in [0, 0.1) is 18.3 Å². The number of amides is 3. The lowest BCUT2D eigenvalue weighted by Crippen LogP contribution is -2.63. The Morgan fingerprint density at radius 2 is 1.48 bits per heavy atom. The fourth-order valence-electron chi connectivity index (χ4n) is 5.41. The van der Waals surface area contributed by atoms with Gasteiger partial charge < -0.3 is 19.7 Å². The quantitative estimate of drug-likeness (QED) is 0.241. The van der Waals surface area contributed by atoms with Crippen molar-refractivity contribution in [2.45, 2.75) is 119 Å². The van der Waals surface area contributed by atoms with E-state index in [1.165, 1.54) is 4.90 Å². The van der Waals surface area contributed by atoms with Crippen molar-refractivity contribution in [2.75, 3.05) is 20.7 Å². The highest BCUT2D eigenvalue weighted by atomic mass is 16.6. The van der Waals surface area contributed by atoms with Crippen molar-refractivity contribution >= 4 is 23.9 Å². The largest absolute Gasteiger partial charge is 0.463 e. The highest BCUT2D eigenvalue weighted by Crippen LogP contribution is 2.34. The molecule has 1 aromatic carbocycles. The summed E-state index contributed by atoms with van der Waals surface area (Å²) in [7, 11) is 3.23. The molecule has 0 unspecified atom stereocenters. The van der Waals surface area contributed by atoms with Gasteiger partial charge in [0.2, 0.25) is 11.8 Å². The van der Waals surface area contributed by atoms with Gasteiger partial charge in [-0.25, -0.2) is 9.59 Å². The normalized spacial score (nSPS) is 14.8. The number of hydrogen-bond acceptors (Lipinski definition) is 6. The summed E-state index contributed by atoms with van der Waals surface area (Å²) in [5.74, 6) is -1.26. The number of carbonyl (C=O) groups excluding carboxylic acids is 4. The van der Waals surface area contributed by atoms with Crippen LogP contribution < -0.4 is 5.32 Å². The van der Waals surface area contributed by atoms with Gasteiger partial charge in [-0.15, -0.1) is 0 Å². The van der Waals surface area contributed by atoms with Crippen molar-refractivity contribution in [3.05, 3.63) is 47.0 Å². The molecule has 0 radical (unpaired) electrons. The van der Waals surface area contributed by atoms with Crippen LogP contribution in [0.2, 0.25) is 0 Å². The van der Waals surface area contributed by atoms with E-state index in [1.54, 1.807) is 59.7 Å². The fourth-order valence-corrected chi connectivity index (χ4v) is 5.41. The monoisotopic (exact) mass is 615 g/mol. The van der Waals surface area contributed by atoms with Gasteiger partial charge in [0.25, 0.3) is 0 Å². The number of esters is 1. The van der Waals surface area contributed by atoms with Gasteiger partial charge in [-0.3, -0.25) is 14.5 Å². The van der Waals surface area contributed by atoms with Gasteiger partial charge in [0.15, 0.2) is 0 Å². The summed E-state index contributed by atoms with van der Waals surface area (Å²) in [4.78, 5) is 57.2. The standard InChI is InChI=1S/C35H57N3O6/c1-16-43-31(41)24(5)21-26(22(2)3)37(14)30(40)27(33(6,7)8)36-29(39)28(38(15)32(42)44-34(9,10)11)35(12,13)25-20-18-17-19-23(25)4/h17-22,26-28H,16H2,1-15H3,(H,36,39)/b24-21+/t26-,27-,28-/m1/s1. The third-order valence-corrected chi connectivity index (χ3v) is 7.74. The number of rotatable bonds is 11. The first-order valence-electron chi connectivity index (χ1n) is 15.4. The van der Waals surface area contributed by atoms with Crippen molar-refractivity contribution in [3.8, 4) is 0 Å². The van der Waals surface area contributed by atoms with Crippen LogP contribution in [0.25, 0.3) is 0 Å². The lowest BCUT2D eigenvalue weighted by molar-refractivity contribution is -0.142. The van der Waals surface area contributed by atoms with Gasteiger partial charge >= 0.3 is 12.1 Å². The predicted octanol–water partition coefficient (Wildman–Crippen LogP) is 6.03. The molecule has 0 spiro atoms. The van der Waals surface area contributed by atoms with Crippen molar-refractivity contribution in [1.82, 2.24) is 15.1 Å². The number of ether oxygens (including phenoxy) is 2. The van der Waals surface area contributed by atoms with Crippen molar-refractivity contribution < 1.29 is 28.7 Å². The third kappa shape index (κ3) is 10.1. The molecule has 1 N–H and O–H groups in total. The van der Waals surface area contributed by atoms with Crippen LogP contribution in [0.1, 0.15) is 94.2 Å². The molecular formula is C35H57N3O6. The Morgan fingerprint density at radius 1 is 0.932 bits per heavy atom. The Hall–Kier alpha value is -3.36. The van der Waals surface area contributed by atoms with E-state index < -0.39 is 52.5 Å². The maximum Gasteiger partial charge on any atom is 0.410 e. The van der Waals surface area contributed by atoms with Gasteiger partial charge in [0.1, 0.15) is 17.7 Å². The Labute approximate surface area is 265 Å². The third-order valence-electron chi connectivity index (χ3n) is 7.74. The molecule has 0 saturated heterocycles. The topological polar surface area (TPSA) is 105 Å². The van der Waals surface area contributed by atoms with E-state index in [0.29, 0.717) is 5.57 Å². The van der Waals surface area contributed by atoms with Crippen LogP contribution in [-0.4, -0.2) is 78.1 Å². The zero-order valence-electron chi connectivity index (χ0n) is 29.7. The number of likely N-dealkylation sites (N-methyl/N-ethyl adjacent to an activating group) is 2. The molecule has 0 aliphatic heterocycles. The first-order valence-corrected chi connectivity index (χ1v) is 15.4. The molecule has 248 valence electrons. The number of nitrogens with one attached hydrogen (secondary N) is 1. The molecular weight excluding hydrogens is 558 g/mol. The van der Waals surface area contributed by atoms with Crippen LogP contribution in [0.15, 0.2) is 35.9 Å². The van der Waals surface area contributed by atoms with E-state index >= 15 is 0 Å². The molecule has 9 heteroatoms. The summed E-state index contributed by atoms with van der Waals surface area (Å²) < 4.78 is 10.8. The zero-order chi connectivity index (χ0) is 34.4. The van der Waals surface area contributed by atoms with Crippen LogP contribution in [0.5, 0.6) is 0 Å². The van der Waals surface area contributed by atoms with E-state index in [0.717, 1.165) is 11.1 Å². The first kappa shape index (κ1) is 38.7. The SMILES string of the molecule is CCOC(=O)/C(C)=C/[C@H](C(C)C)N(C)C(=O)[C@@H](NC(=O)[C@@H](N(C)C(=O)OC(C)(C)C)C(C)(C)c1ccccc1C)C(C)(C)C. The second-order valence-corrected chi connectivity index (χ2v) is 14.6. The molecule has 0 aliphatic rings. The fraction of sp³-hybridized carbons (Fsp3) is 0.657. The molecule has 3 amide bonds. The highest BCUT2D eigenvalue weighted by Gasteiger charge is 2.46. The summed E-state index contributed by atoms with van der Waals surface area (Å²) in [6.45, 7) is 24.3. The minimum Gasteiger partial charge on any atom is -0.463 e. The smallest absolute Gasteiger partial charge is 0.410 e. The van der Waals surface area contributed by atoms with E-state index in [9.17, 15) is 19.2 Å². The summed E-state index contributed by atoms with van der Waals surface area (Å²) >= 11 is 0. The Balaban J connectivity index is 3.64. The predicted molar refractivity (Wildman–Crippen MR) is 175 cm³/mol. The van der Waals surface area contributed by atoms with Crippen molar-refractivity contribution in [2.24, 2.45) is 11.3 Å². The zero-order valence-corrected chi connectivity index (χ0v) is 29.7. The summed E-state index contributed by atoms with van der Waals surface area (Å²) in [6.07, 6.45) is 1.09. The van der Waals surface area contributed by atoms with E-state index in [2.05, 4.69) is 5.32 Å². The molecule has 0 bridgehead atoms. The Morgan fingerprint density at radius 3 is 1.93 bits per heavy atom. The molecule has 0 saturated carbocycles. The Kier molecular flexibility index (Phi) is 13.3. The number of benzene rings is 1. The maximum absolute atomic E-state index is 14.4. The lowest BCUT2D eigenvalue weighted by atomic mass is 9.74. The average Bonchev–Trinajstić information content (AvgIpc) is 2.87. The van der Waals surface area contributed by atoms with Crippen LogP contribution in [0.3, 0.4) is 0 Å². The maximum atomic E-state index is 14.4. The molecule has 0 heterocycles. The number of nitrogens with zero attached hydrogens (tertiary/aromatic N) is 2. The van der Waals surface area contributed by atoms with Gasteiger partial charge in [-0.2, -0.15) is 0 Å². The number of hydrogen-bond donors (Lipinski definition) is 1. The summed E-state index contributed by atoms with van der Waals surface area (Å²) in [6, 6.07) is 5.35. The van der Waals surface area contributed by atoms with Gasteiger partial charge in [-0.1, -0.05) is 78.8 Å². The molecule has 3 atom stereocenters. The molecule has 44 heavy (non-hydrogen) atoms. The molecule has 0 aliphatic carbocycles. The minimum absolute atomic E-state index is 0.0318. The molecule has 9 nitrogen and oxygen atoms in total. The van der Waals surface area contributed by atoms with Crippen molar-refractivity contribution in [1.29, 1.82) is 0 Å². The van der Waals surface area contributed by atoms with Gasteiger partial charge in [0.05, 0.1) is 12.6 Å². The molecule has 1 rings (SSSR count). The van der Waals surface area contributed by atoms with Crippen LogP contribution in [-0.2, 0) is 29.3 Å². The second-order valence-electron chi connectivity index (χ2n) is 14.6. The van der Waals surface area contributed by atoms with E-state index in [4.69, 9.17) is 9.47 Å². The first-order chi connectivity index (χ1) is 20.0.